The third kappa shape index (κ3) is 2.11. The van der Waals surface area contributed by atoms with E-state index in [0.717, 1.165) is 12.8 Å². The Bertz CT molecular complexity index is 390. The van der Waals surface area contributed by atoms with E-state index in [0.29, 0.717) is 17.4 Å². The second-order valence-corrected chi connectivity index (χ2v) is 4.19. The molecule has 0 spiro atoms. The van der Waals surface area contributed by atoms with Crippen molar-refractivity contribution in [1.29, 1.82) is 0 Å². The summed E-state index contributed by atoms with van der Waals surface area (Å²) in [5.74, 6) is -0.0210. The summed E-state index contributed by atoms with van der Waals surface area (Å²) in [7, 11) is 0. The Morgan fingerprint density at radius 2 is 2.40 bits per heavy atom. The zero-order valence-corrected chi connectivity index (χ0v) is 8.92. The number of anilines is 1. The molecule has 0 radical (unpaired) electrons. The van der Waals surface area contributed by atoms with E-state index in [1.54, 1.807) is 18.3 Å². The number of nitrogens with one attached hydrogen (secondary N) is 1. The van der Waals surface area contributed by atoms with Gasteiger partial charge in [0.15, 0.2) is 0 Å². The predicted molar refractivity (Wildman–Crippen MR) is 58.6 cm³/mol. The first kappa shape index (κ1) is 10.4. The van der Waals surface area contributed by atoms with Gasteiger partial charge in [-0.2, -0.15) is 0 Å². The minimum absolute atomic E-state index is 0.0210. The van der Waals surface area contributed by atoms with E-state index in [1.807, 2.05) is 0 Å². The highest BCUT2D eigenvalue weighted by molar-refractivity contribution is 6.29. The van der Waals surface area contributed by atoms with Gasteiger partial charge < -0.3 is 11.1 Å². The molecule has 4 nitrogen and oxygen atoms in total. The number of hydrogen-bond donors (Lipinski definition) is 2. The van der Waals surface area contributed by atoms with Gasteiger partial charge in [-0.05, 0) is 25.0 Å². The molecule has 1 aliphatic rings. The normalized spacial score (nSPS) is 17.2. The van der Waals surface area contributed by atoms with Crippen LogP contribution in [0, 0.1) is 5.41 Å². The van der Waals surface area contributed by atoms with Crippen LogP contribution in [0.15, 0.2) is 18.3 Å². The molecule has 0 saturated heterocycles. The van der Waals surface area contributed by atoms with Crippen LogP contribution in [0.25, 0.3) is 0 Å². The van der Waals surface area contributed by atoms with Gasteiger partial charge in [-0.15, -0.1) is 0 Å². The highest BCUT2D eigenvalue weighted by Crippen LogP contribution is 2.45. The zero-order chi connectivity index (χ0) is 10.9. The van der Waals surface area contributed by atoms with Crippen LogP contribution in [0.5, 0.6) is 0 Å². The van der Waals surface area contributed by atoms with Crippen molar-refractivity contribution in [2.75, 3.05) is 11.9 Å². The van der Waals surface area contributed by atoms with Gasteiger partial charge in [-0.3, -0.25) is 4.79 Å². The molecule has 2 rings (SSSR count). The lowest BCUT2D eigenvalue weighted by atomic mass is 10.1. The summed E-state index contributed by atoms with van der Waals surface area (Å²) in [6, 6.07) is 3.32. The third-order valence-electron chi connectivity index (χ3n) is 2.71. The van der Waals surface area contributed by atoms with Crippen molar-refractivity contribution in [2.45, 2.75) is 12.8 Å². The van der Waals surface area contributed by atoms with Gasteiger partial charge in [-0.25, -0.2) is 4.98 Å². The van der Waals surface area contributed by atoms with Crippen molar-refractivity contribution in [2.24, 2.45) is 11.1 Å². The summed E-state index contributed by atoms with van der Waals surface area (Å²) in [5.41, 5.74) is 5.88. The Hall–Kier alpha value is -1.13. The van der Waals surface area contributed by atoms with Gasteiger partial charge in [0.05, 0.1) is 5.41 Å². The summed E-state index contributed by atoms with van der Waals surface area (Å²) < 4.78 is 0. The lowest BCUT2D eigenvalue weighted by molar-refractivity contribution is -0.120. The minimum atomic E-state index is -0.338. The van der Waals surface area contributed by atoms with Crippen LogP contribution < -0.4 is 11.1 Å². The van der Waals surface area contributed by atoms with Gasteiger partial charge in [-0.1, -0.05) is 11.6 Å². The van der Waals surface area contributed by atoms with E-state index in [-0.39, 0.29) is 11.3 Å². The number of nitrogens with zero attached hydrogens (tertiary/aromatic N) is 1. The molecule has 15 heavy (non-hydrogen) atoms. The highest BCUT2D eigenvalue weighted by Gasteiger charge is 2.48. The molecule has 80 valence electrons. The van der Waals surface area contributed by atoms with Gasteiger partial charge in [0.25, 0.3) is 0 Å². The van der Waals surface area contributed by atoms with Crippen LogP contribution in [0.4, 0.5) is 5.69 Å². The summed E-state index contributed by atoms with van der Waals surface area (Å²) >= 11 is 5.70. The molecule has 0 bridgehead atoms. The van der Waals surface area contributed by atoms with Crippen molar-refractivity contribution >= 4 is 23.2 Å². The summed E-state index contributed by atoms with van der Waals surface area (Å²) in [6.07, 6.45) is 3.29. The standard InChI is InChI=1S/C10H12ClN3O/c11-8-5-7(1-4-13-8)14-9(15)10(6-12)2-3-10/h1,4-5H,2-3,6,12H2,(H,13,14,15). The zero-order valence-electron chi connectivity index (χ0n) is 8.16. The van der Waals surface area contributed by atoms with Crippen molar-refractivity contribution in [1.82, 2.24) is 4.98 Å². The molecule has 0 atom stereocenters. The topological polar surface area (TPSA) is 68.0 Å². The molecule has 0 aromatic carbocycles. The lowest BCUT2D eigenvalue weighted by Crippen LogP contribution is -2.30. The number of carbonyl (C=O) groups is 1. The van der Waals surface area contributed by atoms with Crippen LogP contribution in [-0.2, 0) is 4.79 Å². The summed E-state index contributed by atoms with van der Waals surface area (Å²) in [4.78, 5) is 15.6. The monoisotopic (exact) mass is 225 g/mol. The quantitative estimate of drug-likeness (QED) is 0.765. The van der Waals surface area contributed by atoms with Gasteiger partial charge in [0.2, 0.25) is 5.91 Å². The van der Waals surface area contributed by atoms with E-state index >= 15 is 0 Å². The minimum Gasteiger partial charge on any atom is -0.329 e. The van der Waals surface area contributed by atoms with E-state index in [9.17, 15) is 4.79 Å². The largest absolute Gasteiger partial charge is 0.329 e. The maximum atomic E-state index is 11.8. The second-order valence-electron chi connectivity index (χ2n) is 3.81. The van der Waals surface area contributed by atoms with E-state index in [2.05, 4.69) is 10.3 Å². The second kappa shape index (κ2) is 3.79. The van der Waals surface area contributed by atoms with Crippen LogP contribution in [-0.4, -0.2) is 17.4 Å². The number of hydrogen-bond acceptors (Lipinski definition) is 3. The maximum absolute atomic E-state index is 11.8. The highest BCUT2D eigenvalue weighted by atomic mass is 35.5. The van der Waals surface area contributed by atoms with Crippen LogP contribution in [0.2, 0.25) is 5.15 Å². The molecule has 1 aliphatic carbocycles. The van der Waals surface area contributed by atoms with E-state index in [1.165, 1.54) is 0 Å². The van der Waals surface area contributed by atoms with Gasteiger partial charge >= 0.3 is 0 Å². The summed E-state index contributed by atoms with van der Waals surface area (Å²) in [6.45, 7) is 0.400. The molecule has 1 saturated carbocycles. The van der Waals surface area contributed by atoms with E-state index < -0.39 is 0 Å². The predicted octanol–water partition coefficient (Wildman–Crippen LogP) is 1.41. The SMILES string of the molecule is NCC1(C(=O)Nc2ccnc(Cl)c2)CC1. The third-order valence-corrected chi connectivity index (χ3v) is 2.92. The van der Waals surface area contributed by atoms with Crippen LogP contribution in [0.1, 0.15) is 12.8 Å². The number of nitrogens with two attached hydrogens (primary N) is 1. The molecule has 5 heteroatoms. The average molecular weight is 226 g/mol. The fourth-order valence-corrected chi connectivity index (χ4v) is 1.59. The Kier molecular flexibility index (Phi) is 2.63. The number of halogens is 1. The number of pyridine rings is 1. The fraction of sp³-hybridized carbons (Fsp3) is 0.400. The van der Waals surface area contributed by atoms with E-state index in [4.69, 9.17) is 17.3 Å². The molecular weight excluding hydrogens is 214 g/mol. The molecule has 1 amide bonds. The number of aromatic nitrogens is 1. The Morgan fingerprint density at radius 1 is 1.67 bits per heavy atom. The molecule has 3 N–H and O–H groups in total. The number of rotatable bonds is 3. The van der Waals surface area contributed by atoms with Gasteiger partial charge in [0, 0.05) is 18.4 Å². The van der Waals surface area contributed by atoms with Crippen LogP contribution in [0.3, 0.4) is 0 Å². The van der Waals surface area contributed by atoms with Gasteiger partial charge in [0.1, 0.15) is 5.15 Å². The number of carbonyl (C=O) groups excluding carboxylic acids is 1. The molecule has 1 heterocycles. The van der Waals surface area contributed by atoms with Crippen molar-refractivity contribution < 1.29 is 4.79 Å². The maximum Gasteiger partial charge on any atom is 0.231 e. The first-order valence-corrected chi connectivity index (χ1v) is 5.17. The average Bonchev–Trinajstić information content (AvgIpc) is 2.98. The first-order chi connectivity index (χ1) is 7.16. The fourth-order valence-electron chi connectivity index (χ4n) is 1.42. The van der Waals surface area contributed by atoms with Crippen molar-refractivity contribution in [3.8, 4) is 0 Å². The lowest BCUT2D eigenvalue weighted by Gasteiger charge is -2.12. The van der Waals surface area contributed by atoms with Crippen LogP contribution >= 0.6 is 11.6 Å². The Labute approximate surface area is 92.8 Å². The summed E-state index contributed by atoms with van der Waals surface area (Å²) in [5, 5.41) is 3.16. The molecule has 1 fully saturated rings. The molecule has 1 aromatic heterocycles. The Morgan fingerprint density at radius 3 is 2.93 bits per heavy atom. The van der Waals surface area contributed by atoms with Crippen molar-refractivity contribution in [3.63, 3.8) is 0 Å². The Balaban J connectivity index is 2.06. The first-order valence-electron chi connectivity index (χ1n) is 4.79. The molecule has 0 aliphatic heterocycles. The molecule has 0 unspecified atom stereocenters. The molecule has 1 aromatic rings. The smallest absolute Gasteiger partial charge is 0.231 e. The molecular formula is C10H12ClN3O. The number of amides is 1. The van der Waals surface area contributed by atoms with Crippen molar-refractivity contribution in [3.05, 3.63) is 23.5 Å².